The maximum absolute atomic E-state index is 11.2. The summed E-state index contributed by atoms with van der Waals surface area (Å²) in [6, 6.07) is 6.17. The molecule has 1 heterocycles. The van der Waals surface area contributed by atoms with Gasteiger partial charge in [0.2, 0.25) is 0 Å². The van der Waals surface area contributed by atoms with Crippen LogP contribution in [0.25, 0.3) is 0 Å². The van der Waals surface area contributed by atoms with Crippen molar-refractivity contribution in [3.05, 3.63) is 29.3 Å². The Bertz CT molecular complexity index is 628. The Morgan fingerprint density at radius 1 is 1.37 bits per heavy atom. The lowest BCUT2D eigenvalue weighted by atomic mass is 10.1. The van der Waals surface area contributed by atoms with Crippen LogP contribution in [0.1, 0.15) is 30.9 Å². The van der Waals surface area contributed by atoms with Crippen molar-refractivity contribution in [1.82, 2.24) is 10.6 Å². The molecule has 0 aliphatic carbocycles. The summed E-state index contributed by atoms with van der Waals surface area (Å²) < 4.78 is 16.1. The number of carbonyl (C=O) groups excluding carboxylic acids is 1. The molecule has 1 aliphatic rings. The van der Waals surface area contributed by atoms with Crippen molar-refractivity contribution in [2.24, 2.45) is 10.9 Å². The molecule has 0 aromatic heterocycles. The summed E-state index contributed by atoms with van der Waals surface area (Å²) >= 11 is 0. The van der Waals surface area contributed by atoms with E-state index in [-0.39, 0.29) is 5.97 Å². The molecule has 1 atom stereocenters. The van der Waals surface area contributed by atoms with Crippen LogP contribution in [0.5, 0.6) is 5.75 Å². The van der Waals surface area contributed by atoms with Crippen molar-refractivity contribution in [2.75, 3.05) is 40.0 Å². The molecule has 1 aliphatic heterocycles. The number of guanidine groups is 1. The summed E-state index contributed by atoms with van der Waals surface area (Å²) in [4.78, 5) is 15.9. The molecule has 1 fully saturated rings. The number of ether oxygens (including phenoxy) is 3. The highest BCUT2D eigenvalue weighted by Gasteiger charge is 2.17. The minimum Gasteiger partial charge on any atom is -0.493 e. The van der Waals surface area contributed by atoms with Crippen LogP contribution in [0.2, 0.25) is 0 Å². The predicted octanol–water partition coefficient (Wildman–Crippen LogP) is 2.03. The monoisotopic (exact) mass is 377 g/mol. The zero-order valence-corrected chi connectivity index (χ0v) is 16.5. The van der Waals surface area contributed by atoms with Gasteiger partial charge in [0.05, 0.1) is 33.3 Å². The number of benzene rings is 1. The Balaban J connectivity index is 1.97. The van der Waals surface area contributed by atoms with E-state index < -0.39 is 0 Å². The number of aryl methyl sites for hydroxylation is 1. The summed E-state index contributed by atoms with van der Waals surface area (Å²) in [6.45, 7) is 8.01. The smallest absolute Gasteiger partial charge is 0.307 e. The second-order valence-corrected chi connectivity index (χ2v) is 6.60. The fourth-order valence-corrected chi connectivity index (χ4v) is 2.74. The highest BCUT2D eigenvalue weighted by molar-refractivity contribution is 5.80. The number of hydrogen-bond donors (Lipinski definition) is 2. The Morgan fingerprint density at radius 3 is 2.93 bits per heavy atom. The van der Waals surface area contributed by atoms with Crippen LogP contribution in [0.4, 0.5) is 0 Å². The van der Waals surface area contributed by atoms with Crippen molar-refractivity contribution < 1.29 is 19.0 Å². The van der Waals surface area contributed by atoms with E-state index in [9.17, 15) is 4.79 Å². The zero-order chi connectivity index (χ0) is 19.5. The fraction of sp³-hybridized carbons (Fsp3) is 0.600. The van der Waals surface area contributed by atoms with E-state index in [0.717, 1.165) is 43.1 Å². The quantitative estimate of drug-likeness (QED) is 0.389. The Labute approximate surface area is 161 Å². The van der Waals surface area contributed by atoms with Gasteiger partial charge in [0.25, 0.3) is 0 Å². The first-order valence-electron chi connectivity index (χ1n) is 9.51. The molecular weight excluding hydrogens is 346 g/mol. The van der Waals surface area contributed by atoms with Crippen LogP contribution in [-0.2, 0) is 20.8 Å². The standard InChI is InChI=1S/C20H31N3O4/c1-4-21-20(22-9-7-19(24)25-3)23-12-17-6-5-15(2)11-18(17)27-14-16-8-10-26-13-16/h5-6,11,16H,4,7-10,12-14H2,1-3H3,(H2,21,22,23). The van der Waals surface area contributed by atoms with Gasteiger partial charge >= 0.3 is 5.97 Å². The van der Waals surface area contributed by atoms with Gasteiger partial charge in [-0.05, 0) is 31.9 Å². The number of aliphatic imine (C=N–C) groups is 1. The maximum atomic E-state index is 11.2. The molecule has 0 amide bonds. The molecule has 27 heavy (non-hydrogen) atoms. The largest absolute Gasteiger partial charge is 0.493 e. The number of methoxy groups -OCH3 is 1. The van der Waals surface area contributed by atoms with Gasteiger partial charge < -0.3 is 24.8 Å². The number of nitrogens with zero attached hydrogens (tertiary/aromatic N) is 1. The highest BCUT2D eigenvalue weighted by atomic mass is 16.5. The lowest BCUT2D eigenvalue weighted by Gasteiger charge is -2.15. The normalized spacial score (nSPS) is 16.9. The van der Waals surface area contributed by atoms with Crippen LogP contribution in [0, 0.1) is 12.8 Å². The molecule has 0 radical (unpaired) electrons. The summed E-state index contributed by atoms with van der Waals surface area (Å²) in [5, 5.41) is 6.33. The molecule has 1 saturated heterocycles. The van der Waals surface area contributed by atoms with Crippen LogP contribution in [0.15, 0.2) is 23.2 Å². The van der Waals surface area contributed by atoms with Gasteiger partial charge in [-0.1, -0.05) is 12.1 Å². The van der Waals surface area contributed by atoms with E-state index in [1.165, 1.54) is 7.11 Å². The third-order valence-corrected chi connectivity index (χ3v) is 4.32. The molecule has 1 aromatic rings. The van der Waals surface area contributed by atoms with Crippen LogP contribution < -0.4 is 15.4 Å². The zero-order valence-electron chi connectivity index (χ0n) is 16.5. The lowest BCUT2D eigenvalue weighted by Crippen LogP contribution is -2.38. The first kappa shape index (κ1) is 21.0. The molecule has 1 aromatic carbocycles. The van der Waals surface area contributed by atoms with Crippen LogP contribution >= 0.6 is 0 Å². The Kier molecular flexibility index (Phi) is 8.91. The van der Waals surface area contributed by atoms with Gasteiger partial charge in [-0.25, -0.2) is 4.99 Å². The maximum Gasteiger partial charge on any atom is 0.307 e. The molecule has 2 rings (SSSR count). The highest BCUT2D eigenvalue weighted by Crippen LogP contribution is 2.23. The lowest BCUT2D eigenvalue weighted by molar-refractivity contribution is -0.140. The molecule has 1 unspecified atom stereocenters. The van der Waals surface area contributed by atoms with Gasteiger partial charge in [-0.15, -0.1) is 0 Å². The van der Waals surface area contributed by atoms with Gasteiger partial charge in [-0.3, -0.25) is 4.79 Å². The number of carbonyl (C=O) groups is 1. The molecule has 0 bridgehead atoms. The SMILES string of the molecule is CCNC(=NCc1ccc(C)cc1OCC1CCOC1)NCCC(=O)OC. The summed E-state index contributed by atoms with van der Waals surface area (Å²) in [5.41, 5.74) is 2.19. The van der Waals surface area contributed by atoms with Crippen molar-refractivity contribution in [3.63, 3.8) is 0 Å². The van der Waals surface area contributed by atoms with Crippen molar-refractivity contribution in [3.8, 4) is 5.75 Å². The number of esters is 1. The number of nitrogens with one attached hydrogen (secondary N) is 2. The fourth-order valence-electron chi connectivity index (χ4n) is 2.74. The van der Waals surface area contributed by atoms with Crippen molar-refractivity contribution >= 4 is 11.9 Å². The first-order chi connectivity index (χ1) is 13.1. The average Bonchev–Trinajstić information content (AvgIpc) is 3.18. The van der Waals surface area contributed by atoms with E-state index >= 15 is 0 Å². The van der Waals surface area contributed by atoms with E-state index in [0.29, 0.717) is 38.0 Å². The molecule has 7 nitrogen and oxygen atoms in total. The summed E-state index contributed by atoms with van der Waals surface area (Å²) in [6.07, 6.45) is 1.34. The second-order valence-electron chi connectivity index (χ2n) is 6.60. The third kappa shape index (κ3) is 7.46. The molecule has 0 saturated carbocycles. The van der Waals surface area contributed by atoms with E-state index in [1.807, 2.05) is 6.92 Å². The average molecular weight is 377 g/mol. The van der Waals surface area contributed by atoms with Gasteiger partial charge in [0.1, 0.15) is 5.75 Å². The van der Waals surface area contributed by atoms with Crippen molar-refractivity contribution in [2.45, 2.75) is 33.2 Å². The topological polar surface area (TPSA) is 81.2 Å². The molecule has 150 valence electrons. The van der Waals surface area contributed by atoms with Crippen LogP contribution in [-0.4, -0.2) is 51.9 Å². The molecule has 0 spiro atoms. The van der Waals surface area contributed by atoms with Crippen molar-refractivity contribution in [1.29, 1.82) is 0 Å². The molecular formula is C20H31N3O4. The summed E-state index contributed by atoms with van der Waals surface area (Å²) in [7, 11) is 1.39. The van der Waals surface area contributed by atoms with E-state index in [2.05, 4.69) is 45.5 Å². The summed E-state index contributed by atoms with van der Waals surface area (Å²) in [5.74, 6) is 1.75. The Morgan fingerprint density at radius 2 is 2.22 bits per heavy atom. The van der Waals surface area contributed by atoms with Gasteiger partial charge in [0.15, 0.2) is 5.96 Å². The second kappa shape index (κ2) is 11.4. The minimum atomic E-state index is -0.247. The third-order valence-electron chi connectivity index (χ3n) is 4.32. The van der Waals surface area contributed by atoms with E-state index in [4.69, 9.17) is 9.47 Å². The first-order valence-corrected chi connectivity index (χ1v) is 9.51. The number of hydrogen-bond acceptors (Lipinski definition) is 5. The minimum absolute atomic E-state index is 0.247. The molecule has 7 heteroatoms. The van der Waals surface area contributed by atoms with E-state index in [1.54, 1.807) is 0 Å². The Hall–Kier alpha value is -2.28. The predicted molar refractivity (Wildman–Crippen MR) is 105 cm³/mol. The van der Waals surface area contributed by atoms with Crippen LogP contribution in [0.3, 0.4) is 0 Å². The number of rotatable bonds is 9. The van der Waals surface area contributed by atoms with Gasteiger partial charge in [-0.2, -0.15) is 0 Å². The van der Waals surface area contributed by atoms with Gasteiger partial charge in [0, 0.05) is 31.2 Å². The molecule has 2 N–H and O–H groups in total.